The molecule has 0 fully saturated rings. The quantitative estimate of drug-likeness (QED) is 0.205. The van der Waals surface area contributed by atoms with E-state index in [1.807, 2.05) is 66.7 Å². The molecular weight excluding hydrogens is 564 g/mol. The van der Waals surface area contributed by atoms with Gasteiger partial charge in [0.1, 0.15) is 11.2 Å². The Bertz CT molecular complexity index is 2660. The molecule has 46 heavy (non-hydrogen) atoms. The molecule has 0 radical (unpaired) electrons. The van der Waals surface area contributed by atoms with E-state index in [1.165, 1.54) is 5.56 Å². The minimum Gasteiger partial charge on any atom is -0.456 e. The van der Waals surface area contributed by atoms with Crippen molar-refractivity contribution in [1.82, 2.24) is 14.5 Å². The molecule has 0 atom stereocenters. The Morgan fingerprint density at radius 1 is 0.478 bits per heavy atom. The summed E-state index contributed by atoms with van der Waals surface area (Å²) in [6, 6.07) is 51.5. The standard InChI is InChI=1S/C41H24N4O/c42-25-26-9-8-12-29(21-26)35-24-36(30-18-20-40-34(23-30)32-14-5-7-16-39(32)46-40)44-41(43-35)45-37-15-6-4-13-31(37)33-22-28(17-19-38(33)45)27-10-2-1-3-11-27/h1-24H. The molecule has 214 valence electrons. The molecule has 6 aromatic carbocycles. The third kappa shape index (κ3) is 4.16. The van der Waals surface area contributed by atoms with Crippen LogP contribution in [0.1, 0.15) is 5.56 Å². The van der Waals surface area contributed by atoms with Crippen molar-refractivity contribution in [2.75, 3.05) is 0 Å². The van der Waals surface area contributed by atoms with Gasteiger partial charge < -0.3 is 4.42 Å². The Balaban J connectivity index is 1.31. The predicted octanol–water partition coefficient (Wildman–Crippen LogP) is 10.3. The van der Waals surface area contributed by atoms with E-state index in [1.54, 1.807) is 0 Å². The molecule has 0 aliphatic carbocycles. The van der Waals surface area contributed by atoms with Crippen LogP contribution in [0.25, 0.3) is 83.3 Å². The summed E-state index contributed by atoms with van der Waals surface area (Å²) in [7, 11) is 0. The lowest BCUT2D eigenvalue weighted by Crippen LogP contribution is -2.04. The van der Waals surface area contributed by atoms with E-state index in [0.717, 1.165) is 71.8 Å². The molecule has 0 aliphatic rings. The Kier molecular flexibility index (Phi) is 5.81. The van der Waals surface area contributed by atoms with Crippen LogP contribution in [-0.2, 0) is 0 Å². The van der Waals surface area contributed by atoms with Crippen LogP contribution in [0.2, 0.25) is 0 Å². The molecule has 0 saturated carbocycles. The molecule has 0 N–H and O–H groups in total. The maximum atomic E-state index is 9.66. The summed E-state index contributed by atoms with van der Waals surface area (Å²) in [6.07, 6.45) is 0. The maximum absolute atomic E-state index is 9.66. The third-order valence-corrected chi connectivity index (χ3v) is 8.65. The van der Waals surface area contributed by atoms with Crippen molar-refractivity contribution in [2.45, 2.75) is 0 Å². The average molecular weight is 589 g/mol. The van der Waals surface area contributed by atoms with E-state index in [0.29, 0.717) is 11.5 Å². The van der Waals surface area contributed by atoms with Crippen molar-refractivity contribution in [1.29, 1.82) is 5.26 Å². The van der Waals surface area contributed by atoms with Gasteiger partial charge in [-0.15, -0.1) is 0 Å². The zero-order valence-corrected chi connectivity index (χ0v) is 24.6. The number of rotatable bonds is 4. The molecule has 9 rings (SSSR count). The summed E-state index contributed by atoms with van der Waals surface area (Å²) < 4.78 is 8.26. The fraction of sp³-hybridized carbons (Fsp3) is 0. The molecule has 9 aromatic rings. The Morgan fingerprint density at radius 2 is 1.13 bits per heavy atom. The molecule has 3 heterocycles. The summed E-state index contributed by atoms with van der Waals surface area (Å²) in [6.45, 7) is 0. The van der Waals surface area contributed by atoms with Crippen LogP contribution < -0.4 is 0 Å². The van der Waals surface area contributed by atoms with E-state index in [4.69, 9.17) is 14.4 Å². The molecule has 0 aliphatic heterocycles. The van der Waals surface area contributed by atoms with Gasteiger partial charge in [0.2, 0.25) is 5.95 Å². The highest BCUT2D eigenvalue weighted by atomic mass is 16.3. The SMILES string of the molecule is N#Cc1cccc(-c2cc(-c3ccc4oc5ccccc5c4c3)nc(-n3c4ccccc4c4cc(-c5ccccc5)ccc43)n2)c1. The second-order valence-electron chi connectivity index (χ2n) is 11.4. The van der Waals surface area contributed by atoms with E-state index in [2.05, 4.69) is 89.5 Å². The highest BCUT2D eigenvalue weighted by Crippen LogP contribution is 2.37. The van der Waals surface area contributed by atoms with E-state index in [9.17, 15) is 5.26 Å². The highest BCUT2D eigenvalue weighted by Gasteiger charge is 2.18. The second-order valence-corrected chi connectivity index (χ2v) is 11.4. The molecule has 0 spiro atoms. The number of benzene rings is 6. The highest BCUT2D eigenvalue weighted by molar-refractivity contribution is 6.10. The molecule has 0 bridgehead atoms. The second kappa shape index (κ2) is 10.3. The van der Waals surface area contributed by atoms with E-state index < -0.39 is 0 Å². The van der Waals surface area contributed by atoms with Crippen molar-refractivity contribution in [3.8, 4) is 45.7 Å². The van der Waals surface area contributed by atoms with Crippen molar-refractivity contribution >= 4 is 43.7 Å². The third-order valence-electron chi connectivity index (χ3n) is 8.65. The predicted molar refractivity (Wildman–Crippen MR) is 185 cm³/mol. The number of fused-ring (bicyclic) bond motifs is 6. The lowest BCUT2D eigenvalue weighted by molar-refractivity contribution is 0.669. The first kappa shape index (κ1) is 25.9. The summed E-state index contributed by atoms with van der Waals surface area (Å²) >= 11 is 0. The first-order chi connectivity index (χ1) is 22.7. The van der Waals surface area contributed by atoms with Crippen molar-refractivity contribution in [2.24, 2.45) is 0 Å². The Labute approximate surface area is 264 Å². The monoisotopic (exact) mass is 588 g/mol. The van der Waals surface area contributed by atoms with Gasteiger partial charge in [0.25, 0.3) is 0 Å². The topological polar surface area (TPSA) is 67.6 Å². The van der Waals surface area contributed by atoms with Gasteiger partial charge in [0.15, 0.2) is 0 Å². The number of nitriles is 1. The van der Waals surface area contributed by atoms with Gasteiger partial charge >= 0.3 is 0 Å². The zero-order chi connectivity index (χ0) is 30.6. The first-order valence-electron chi connectivity index (χ1n) is 15.1. The number of hydrogen-bond acceptors (Lipinski definition) is 4. The summed E-state index contributed by atoms with van der Waals surface area (Å²) in [5.74, 6) is 0.561. The lowest BCUT2D eigenvalue weighted by Gasteiger charge is -2.12. The van der Waals surface area contributed by atoms with Crippen LogP contribution in [0.4, 0.5) is 0 Å². The Morgan fingerprint density at radius 3 is 1.98 bits per heavy atom. The Hall–Kier alpha value is -6.51. The molecule has 5 heteroatoms. The molecule has 0 unspecified atom stereocenters. The van der Waals surface area contributed by atoms with Gasteiger partial charge in [-0.3, -0.25) is 4.57 Å². The maximum Gasteiger partial charge on any atom is 0.235 e. The first-order valence-corrected chi connectivity index (χ1v) is 15.1. The number of hydrogen-bond donors (Lipinski definition) is 0. The average Bonchev–Trinajstić information content (AvgIpc) is 3.67. The molecule has 0 amide bonds. The summed E-state index contributed by atoms with van der Waals surface area (Å²) in [5, 5.41) is 14.0. The van der Waals surface area contributed by atoms with Crippen LogP contribution in [-0.4, -0.2) is 14.5 Å². The normalized spacial score (nSPS) is 11.5. The largest absolute Gasteiger partial charge is 0.456 e. The van der Waals surface area contributed by atoms with Gasteiger partial charge in [-0.25, -0.2) is 9.97 Å². The molecule has 0 saturated heterocycles. The summed E-state index contributed by atoms with van der Waals surface area (Å²) in [5.41, 5.74) is 9.95. The van der Waals surface area contributed by atoms with Crippen molar-refractivity contribution < 1.29 is 4.42 Å². The van der Waals surface area contributed by atoms with Crippen LogP contribution in [0.5, 0.6) is 0 Å². The van der Waals surface area contributed by atoms with Crippen LogP contribution >= 0.6 is 0 Å². The number of para-hydroxylation sites is 2. The van der Waals surface area contributed by atoms with E-state index >= 15 is 0 Å². The van der Waals surface area contributed by atoms with Crippen LogP contribution in [0.3, 0.4) is 0 Å². The van der Waals surface area contributed by atoms with E-state index in [-0.39, 0.29) is 0 Å². The smallest absolute Gasteiger partial charge is 0.235 e. The summed E-state index contributed by atoms with van der Waals surface area (Å²) in [4.78, 5) is 10.4. The van der Waals surface area contributed by atoms with Gasteiger partial charge in [-0.05, 0) is 71.8 Å². The number of furan rings is 1. The molecule has 5 nitrogen and oxygen atoms in total. The van der Waals surface area contributed by atoms with Crippen LogP contribution in [0.15, 0.2) is 150 Å². The fourth-order valence-electron chi connectivity index (χ4n) is 6.46. The lowest BCUT2D eigenvalue weighted by atomic mass is 10.0. The van der Waals surface area contributed by atoms with Gasteiger partial charge in [0, 0.05) is 32.7 Å². The van der Waals surface area contributed by atoms with Crippen molar-refractivity contribution in [3.63, 3.8) is 0 Å². The van der Waals surface area contributed by atoms with Gasteiger partial charge in [0.05, 0.1) is 34.1 Å². The van der Waals surface area contributed by atoms with Gasteiger partial charge in [-0.1, -0.05) is 84.9 Å². The minimum atomic E-state index is 0.561. The fourth-order valence-corrected chi connectivity index (χ4v) is 6.46. The molecular formula is C41H24N4O. The van der Waals surface area contributed by atoms with Gasteiger partial charge in [-0.2, -0.15) is 5.26 Å². The zero-order valence-electron chi connectivity index (χ0n) is 24.6. The minimum absolute atomic E-state index is 0.561. The number of nitrogens with zero attached hydrogens (tertiary/aromatic N) is 4. The number of aromatic nitrogens is 3. The van der Waals surface area contributed by atoms with Crippen molar-refractivity contribution in [3.05, 3.63) is 151 Å². The van der Waals surface area contributed by atoms with Crippen LogP contribution in [0, 0.1) is 11.3 Å². The molecule has 3 aromatic heterocycles.